The number of benzene rings is 1. The molecular formula is C14H13N3. The Hall–Kier alpha value is -2.16. The molecule has 0 aliphatic heterocycles. The predicted molar refractivity (Wildman–Crippen MR) is 68.8 cm³/mol. The van der Waals surface area contributed by atoms with Crippen LogP contribution in [0.5, 0.6) is 0 Å². The number of aromatic nitrogens is 3. The molecular weight excluding hydrogens is 210 g/mol. The van der Waals surface area contributed by atoms with Crippen LogP contribution in [0.4, 0.5) is 0 Å². The molecule has 0 saturated heterocycles. The molecule has 0 atom stereocenters. The molecule has 0 radical (unpaired) electrons. The van der Waals surface area contributed by atoms with E-state index in [2.05, 4.69) is 33.2 Å². The number of aromatic amines is 1. The smallest absolute Gasteiger partial charge is 0.0924 e. The van der Waals surface area contributed by atoms with Crippen molar-refractivity contribution in [1.29, 1.82) is 0 Å². The summed E-state index contributed by atoms with van der Waals surface area (Å²) in [6.07, 6.45) is 3.75. The normalized spacial score (nSPS) is 10.9. The summed E-state index contributed by atoms with van der Waals surface area (Å²) in [5.74, 6) is 0. The number of nitrogens with zero attached hydrogens (tertiary/aromatic N) is 2. The van der Waals surface area contributed by atoms with Crippen LogP contribution in [-0.2, 0) is 0 Å². The lowest BCUT2D eigenvalue weighted by Gasteiger charge is -2.06. The lowest BCUT2D eigenvalue weighted by Crippen LogP contribution is -1.94. The van der Waals surface area contributed by atoms with Crippen LogP contribution < -0.4 is 0 Å². The highest BCUT2D eigenvalue weighted by molar-refractivity contribution is 5.94. The van der Waals surface area contributed by atoms with Crippen LogP contribution in [0.3, 0.4) is 0 Å². The third-order valence-corrected chi connectivity index (χ3v) is 2.93. The van der Waals surface area contributed by atoms with Gasteiger partial charge in [0.05, 0.1) is 17.1 Å². The number of aryl methyl sites for hydroxylation is 2. The zero-order valence-electron chi connectivity index (χ0n) is 9.86. The van der Waals surface area contributed by atoms with Crippen molar-refractivity contribution >= 4 is 10.9 Å². The van der Waals surface area contributed by atoms with E-state index in [9.17, 15) is 0 Å². The second-order valence-corrected chi connectivity index (χ2v) is 4.19. The molecule has 0 spiro atoms. The molecule has 0 aliphatic rings. The number of hydrogen-bond acceptors (Lipinski definition) is 2. The Balaban J connectivity index is 2.34. The minimum atomic E-state index is 0.943. The maximum atomic E-state index is 4.60. The zero-order valence-corrected chi connectivity index (χ0v) is 9.86. The average Bonchev–Trinajstić information content (AvgIpc) is 2.80. The fourth-order valence-electron chi connectivity index (χ4n) is 2.08. The van der Waals surface area contributed by atoms with Gasteiger partial charge in [0.1, 0.15) is 0 Å². The van der Waals surface area contributed by atoms with Crippen LogP contribution >= 0.6 is 0 Å². The maximum absolute atomic E-state index is 4.60. The van der Waals surface area contributed by atoms with Crippen LogP contribution in [0.2, 0.25) is 0 Å². The first kappa shape index (κ1) is 10.0. The monoisotopic (exact) mass is 223 g/mol. The first-order valence-corrected chi connectivity index (χ1v) is 5.62. The first-order valence-electron chi connectivity index (χ1n) is 5.62. The molecule has 3 heteroatoms. The molecule has 84 valence electrons. The van der Waals surface area contributed by atoms with Crippen molar-refractivity contribution in [1.82, 2.24) is 15.0 Å². The average molecular weight is 223 g/mol. The van der Waals surface area contributed by atoms with E-state index in [1.807, 2.05) is 26.1 Å². The fraction of sp³-hybridized carbons (Fsp3) is 0.143. The molecule has 0 bridgehead atoms. The summed E-state index contributed by atoms with van der Waals surface area (Å²) in [6, 6.07) is 8.27. The van der Waals surface area contributed by atoms with Gasteiger partial charge in [0.2, 0.25) is 0 Å². The lowest BCUT2D eigenvalue weighted by molar-refractivity contribution is 1.07. The molecule has 0 aliphatic carbocycles. The minimum Gasteiger partial charge on any atom is -0.361 e. The van der Waals surface area contributed by atoms with Crippen LogP contribution in [0.25, 0.3) is 22.2 Å². The Morgan fingerprint density at radius 2 is 2.00 bits per heavy atom. The van der Waals surface area contributed by atoms with Gasteiger partial charge in [-0.2, -0.15) is 0 Å². The molecule has 0 amide bonds. The van der Waals surface area contributed by atoms with Gasteiger partial charge in [-0.15, -0.1) is 0 Å². The van der Waals surface area contributed by atoms with Crippen molar-refractivity contribution in [3.63, 3.8) is 0 Å². The highest BCUT2D eigenvalue weighted by Crippen LogP contribution is 2.28. The standard InChI is InChI=1S/C14H13N3/c1-9-8-16-10(2)14(17-9)12-4-3-5-13-11(12)6-7-15-13/h3-8,15H,1-2H3. The van der Waals surface area contributed by atoms with Gasteiger partial charge in [-0.25, -0.2) is 4.98 Å². The molecule has 3 aromatic rings. The number of nitrogens with one attached hydrogen (secondary N) is 1. The highest BCUT2D eigenvalue weighted by Gasteiger charge is 2.09. The van der Waals surface area contributed by atoms with E-state index in [-0.39, 0.29) is 0 Å². The van der Waals surface area contributed by atoms with E-state index in [1.165, 1.54) is 5.39 Å². The Morgan fingerprint density at radius 1 is 1.12 bits per heavy atom. The summed E-state index contributed by atoms with van der Waals surface area (Å²) in [6.45, 7) is 3.96. The maximum Gasteiger partial charge on any atom is 0.0924 e. The Kier molecular flexibility index (Phi) is 2.18. The molecule has 0 saturated carbocycles. The van der Waals surface area contributed by atoms with E-state index in [0.717, 1.165) is 28.2 Å². The second-order valence-electron chi connectivity index (χ2n) is 4.19. The predicted octanol–water partition coefficient (Wildman–Crippen LogP) is 3.24. The van der Waals surface area contributed by atoms with E-state index >= 15 is 0 Å². The van der Waals surface area contributed by atoms with Crippen LogP contribution in [0.15, 0.2) is 36.7 Å². The van der Waals surface area contributed by atoms with Crippen molar-refractivity contribution in [3.05, 3.63) is 48.0 Å². The van der Waals surface area contributed by atoms with Gasteiger partial charge in [0, 0.05) is 28.9 Å². The van der Waals surface area contributed by atoms with E-state index in [4.69, 9.17) is 0 Å². The minimum absolute atomic E-state index is 0.943. The molecule has 0 fully saturated rings. The highest BCUT2D eigenvalue weighted by atomic mass is 14.8. The Bertz CT molecular complexity index is 683. The van der Waals surface area contributed by atoms with E-state index in [0.29, 0.717) is 0 Å². The molecule has 1 N–H and O–H groups in total. The Labute approximate surface area is 99.5 Å². The molecule has 3 rings (SSSR count). The molecule has 0 unspecified atom stereocenters. The van der Waals surface area contributed by atoms with Crippen molar-refractivity contribution in [2.45, 2.75) is 13.8 Å². The number of hydrogen-bond donors (Lipinski definition) is 1. The van der Waals surface area contributed by atoms with Crippen LogP contribution in [0, 0.1) is 13.8 Å². The Morgan fingerprint density at radius 3 is 2.88 bits per heavy atom. The summed E-state index contributed by atoms with van der Waals surface area (Å²) in [4.78, 5) is 12.2. The van der Waals surface area contributed by atoms with Crippen LogP contribution in [-0.4, -0.2) is 15.0 Å². The SMILES string of the molecule is Cc1cnc(C)c(-c2cccc3[nH]ccc23)n1. The molecule has 1 aromatic carbocycles. The van der Waals surface area contributed by atoms with Gasteiger partial charge in [-0.1, -0.05) is 12.1 Å². The number of H-pyrrole nitrogens is 1. The molecule has 2 heterocycles. The summed E-state index contributed by atoms with van der Waals surface area (Å²) in [7, 11) is 0. The van der Waals surface area contributed by atoms with Gasteiger partial charge in [-0.3, -0.25) is 4.98 Å². The summed E-state index contributed by atoms with van der Waals surface area (Å²) in [5.41, 5.74) is 5.14. The van der Waals surface area contributed by atoms with Gasteiger partial charge in [0.15, 0.2) is 0 Å². The number of fused-ring (bicyclic) bond motifs is 1. The molecule has 2 aromatic heterocycles. The lowest BCUT2D eigenvalue weighted by atomic mass is 10.1. The van der Waals surface area contributed by atoms with E-state index < -0.39 is 0 Å². The van der Waals surface area contributed by atoms with Gasteiger partial charge in [0.25, 0.3) is 0 Å². The second kappa shape index (κ2) is 3.70. The zero-order chi connectivity index (χ0) is 11.8. The van der Waals surface area contributed by atoms with Crippen molar-refractivity contribution in [2.24, 2.45) is 0 Å². The third-order valence-electron chi connectivity index (χ3n) is 2.93. The fourth-order valence-corrected chi connectivity index (χ4v) is 2.08. The van der Waals surface area contributed by atoms with Gasteiger partial charge >= 0.3 is 0 Å². The van der Waals surface area contributed by atoms with E-state index in [1.54, 1.807) is 6.20 Å². The summed E-state index contributed by atoms with van der Waals surface area (Å²) < 4.78 is 0. The third kappa shape index (κ3) is 1.60. The first-order chi connectivity index (χ1) is 8.25. The van der Waals surface area contributed by atoms with Gasteiger partial charge < -0.3 is 4.98 Å². The van der Waals surface area contributed by atoms with Crippen molar-refractivity contribution < 1.29 is 0 Å². The largest absolute Gasteiger partial charge is 0.361 e. The topological polar surface area (TPSA) is 41.6 Å². The summed E-state index contributed by atoms with van der Waals surface area (Å²) >= 11 is 0. The number of rotatable bonds is 1. The molecule has 17 heavy (non-hydrogen) atoms. The molecule has 3 nitrogen and oxygen atoms in total. The van der Waals surface area contributed by atoms with Crippen LogP contribution in [0.1, 0.15) is 11.4 Å². The van der Waals surface area contributed by atoms with Crippen molar-refractivity contribution in [3.8, 4) is 11.3 Å². The van der Waals surface area contributed by atoms with Crippen molar-refractivity contribution in [2.75, 3.05) is 0 Å². The van der Waals surface area contributed by atoms with Gasteiger partial charge in [-0.05, 0) is 26.0 Å². The quantitative estimate of drug-likeness (QED) is 0.688. The summed E-state index contributed by atoms with van der Waals surface area (Å²) in [5, 5.41) is 1.19.